The van der Waals surface area contributed by atoms with Crippen LogP contribution in [0.15, 0.2) is 54.6 Å². The van der Waals surface area contributed by atoms with Crippen LogP contribution in [0.2, 0.25) is 0 Å². The lowest BCUT2D eigenvalue weighted by molar-refractivity contribution is -0.134. The van der Waals surface area contributed by atoms with Crippen LogP contribution in [0.4, 0.5) is 9.52 Å². The minimum absolute atomic E-state index is 0.258. The molecule has 0 saturated carbocycles. The van der Waals surface area contributed by atoms with Crippen LogP contribution < -0.4 is 14.4 Å². The van der Waals surface area contributed by atoms with Gasteiger partial charge in [0.1, 0.15) is 17.3 Å². The minimum Gasteiger partial charge on any atom is -0.497 e. The zero-order valence-corrected chi connectivity index (χ0v) is 22.2. The van der Waals surface area contributed by atoms with Crippen molar-refractivity contribution in [3.63, 3.8) is 0 Å². The summed E-state index contributed by atoms with van der Waals surface area (Å²) in [7, 11) is 3.84. The van der Waals surface area contributed by atoms with Crippen LogP contribution in [0.1, 0.15) is 19.3 Å². The lowest BCUT2D eigenvalue weighted by atomic mass is 10.0. The summed E-state index contributed by atoms with van der Waals surface area (Å²) in [5, 5.41) is 16.7. The van der Waals surface area contributed by atoms with Gasteiger partial charge < -0.3 is 29.5 Å². The lowest BCUT2D eigenvalue weighted by Crippen LogP contribution is -2.43. The molecule has 2 aromatic carbocycles. The van der Waals surface area contributed by atoms with Gasteiger partial charge in [0.25, 0.3) is 0 Å². The Labute approximate surface area is 224 Å². The number of anilines is 1. The van der Waals surface area contributed by atoms with Crippen molar-refractivity contribution in [1.29, 1.82) is 0 Å². The average molecular weight is 546 g/mol. The van der Waals surface area contributed by atoms with Crippen molar-refractivity contribution >= 4 is 38.6 Å². The Hall–Kier alpha value is -3.70. The van der Waals surface area contributed by atoms with Crippen LogP contribution in [0.3, 0.4) is 0 Å². The SMILES string of the molecule is COc1ccc2sc(N(C)C3CCN(CCCOc4cccc(F)c4)CC3)nc2c1.O=C(O)C=CC(=O)O. The molecule has 0 radical (unpaired) electrons. The number of aliphatic carboxylic acids is 2. The van der Waals surface area contributed by atoms with Crippen molar-refractivity contribution in [3.8, 4) is 11.5 Å². The molecule has 0 aliphatic carbocycles. The number of methoxy groups -OCH3 is 1. The lowest BCUT2D eigenvalue weighted by Gasteiger charge is -2.36. The van der Waals surface area contributed by atoms with E-state index in [4.69, 9.17) is 24.7 Å². The summed E-state index contributed by atoms with van der Waals surface area (Å²) in [6.45, 7) is 3.77. The second-order valence-electron chi connectivity index (χ2n) is 8.68. The van der Waals surface area contributed by atoms with Crippen molar-refractivity contribution in [2.45, 2.75) is 25.3 Å². The number of rotatable bonds is 10. The van der Waals surface area contributed by atoms with Crippen LogP contribution in [0, 0.1) is 5.82 Å². The molecule has 1 aliphatic rings. The molecule has 3 aromatic rings. The molecule has 1 aliphatic heterocycles. The molecule has 2 N–H and O–H groups in total. The Bertz CT molecular complexity index is 1230. The van der Waals surface area contributed by atoms with Gasteiger partial charge in [-0.1, -0.05) is 17.4 Å². The van der Waals surface area contributed by atoms with E-state index in [1.54, 1.807) is 30.6 Å². The fraction of sp³-hybridized carbons (Fsp3) is 0.370. The second kappa shape index (κ2) is 14.3. The average Bonchev–Trinajstić information content (AvgIpc) is 3.34. The first kappa shape index (κ1) is 28.9. The number of halogens is 1. The summed E-state index contributed by atoms with van der Waals surface area (Å²) in [5.41, 5.74) is 0.997. The molecule has 38 heavy (non-hydrogen) atoms. The third kappa shape index (κ3) is 9.00. The van der Waals surface area contributed by atoms with Crippen LogP contribution >= 0.6 is 11.3 Å². The fourth-order valence-corrected chi connectivity index (χ4v) is 5.02. The molecule has 9 nitrogen and oxygen atoms in total. The Morgan fingerprint density at radius 3 is 2.47 bits per heavy atom. The summed E-state index contributed by atoms with van der Waals surface area (Å²) in [6.07, 6.45) is 4.31. The topological polar surface area (TPSA) is 112 Å². The number of benzene rings is 2. The van der Waals surface area contributed by atoms with Gasteiger partial charge >= 0.3 is 11.9 Å². The predicted octanol–water partition coefficient (Wildman–Crippen LogP) is 4.53. The number of carboxylic acids is 2. The Balaban J connectivity index is 0.000000436. The third-order valence-corrected chi connectivity index (χ3v) is 7.17. The maximum Gasteiger partial charge on any atom is 0.328 e. The number of hydrogen-bond acceptors (Lipinski definition) is 8. The Kier molecular flexibility index (Phi) is 10.9. The Morgan fingerprint density at radius 2 is 1.84 bits per heavy atom. The summed E-state index contributed by atoms with van der Waals surface area (Å²) in [6, 6.07) is 12.9. The van der Waals surface area contributed by atoms with E-state index in [0.29, 0.717) is 30.6 Å². The van der Waals surface area contributed by atoms with Gasteiger partial charge in [-0.3, -0.25) is 0 Å². The van der Waals surface area contributed by atoms with Crippen LogP contribution in [0.5, 0.6) is 11.5 Å². The number of ether oxygens (including phenoxy) is 2. The highest BCUT2D eigenvalue weighted by atomic mass is 32.1. The van der Waals surface area contributed by atoms with Crippen molar-refractivity contribution in [1.82, 2.24) is 9.88 Å². The van der Waals surface area contributed by atoms with E-state index in [9.17, 15) is 14.0 Å². The van der Waals surface area contributed by atoms with Gasteiger partial charge in [0.05, 0.1) is 23.9 Å². The van der Waals surface area contributed by atoms with E-state index in [1.807, 2.05) is 12.1 Å². The fourth-order valence-electron chi connectivity index (χ4n) is 4.04. The molecule has 0 unspecified atom stereocenters. The van der Waals surface area contributed by atoms with Crippen LogP contribution in [-0.2, 0) is 9.59 Å². The van der Waals surface area contributed by atoms with Crippen molar-refractivity contribution in [2.24, 2.45) is 0 Å². The summed E-state index contributed by atoms with van der Waals surface area (Å²) in [5.74, 6) is -1.33. The van der Waals surface area contributed by atoms with Gasteiger partial charge in [-0.2, -0.15) is 0 Å². The highest BCUT2D eigenvalue weighted by Crippen LogP contribution is 2.32. The highest BCUT2D eigenvalue weighted by Gasteiger charge is 2.24. The van der Waals surface area contributed by atoms with E-state index in [2.05, 4.69) is 22.9 Å². The maximum atomic E-state index is 13.2. The number of piperidine rings is 1. The number of hydrogen-bond donors (Lipinski definition) is 2. The van der Waals surface area contributed by atoms with Gasteiger partial charge in [-0.05, 0) is 43.5 Å². The van der Waals surface area contributed by atoms with Gasteiger partial charge in [-0.15, -0.1) is 0 Å². The molecular formula is C27H32FN3O6S. The van der Waals surface area contributed by atoms with Crippen LogP contribution in [0.25, 0.3) is 10.2 Å². The smallest absolute Gasteiger partial charge is 0.328 e. The molecule has 0 amide bonds. The number of aromatic nitrogens is 1. The molecule has 204 valence electrons. The first-order valence-electron chi connectivity index (χ1n) is 12.2. The third-order valence-electron chi connectivity index (χ3n) is 6.04. The number of carboxylic acid groups (broad SMARTS) is 2. The number of carbonyl (C=O) groups is 2. The quantitative estimate of drug-likeness (QED) is 0.280. The predicted molar refractivity (Wildman–Crippen MR) is 145 cm³/mol. The van der Waals surface area contributed by atoms with Crippen LogP contribution in [-0.4, -0.2) is 78.5 Å². The summed E-state index contributed by atoms with van der Waals surface area (Å²) < 4.78 is 25.3. The second-order valence-corrected chi connectivity index (χ2v) is 9.69. The first-order valence-corrected chi connectivity index (χ1v) is 13.0. The van der Waals surface area contributed by atoms with Gasteiger partial charge in [0, 0.05) is 57.0 Å². The van der Waals surface area contributed by atoms with Crippen molar-refractivity contribution in [2.75, 3.05) is 45.3 Å². The van der Waals surface area contributed by atoms with Gasteiger partial charge in [0.2, 0.25) is 0 Å². The highest BCUT2D eigenvalue weighted by molar-refractivity contribution is 7.22. The minimum atomic E-state index is -1.26. The maximum absolute atomic E-state index is 13.2. The molecular weight excluding hydrogens is 513 g/mol. The van der Waals surface area contributed by atoms with Crippen molar-refractivity contribution in [3.05, 3.63) is 60.4 Å². The number of fused-ring (bicyclic) bond motifs is 1. The number of likely N-dealkylation sites (tertiary alicyclic amines) is 1. The van der Waals surface area contributed by atoms with E-state index in [0.717, 1.165) is 55.3 Å². The summed E-state index contributed by atoms with van der Waals surface area (Å²) in [4.78, 5) is 28.7. The molecule has 11 heteroatoms. The van der Waals surface area contributed by atoms with Gasteiger partial charge in [-0.25, -0.2) is 19.0 Å². The largest absolute Gasteiger partial charge is 0.497 e. The first-order chi connectivity index (χ1) is 18.2. The molecule has 4 rings (SSSR count). The van der Waals surface area contributed by atoms with Gasteiger partial charge in [0.15, 0.2) is 5.13 Å². The normalized spacial score (nSPS) is 14.2. The zero-order chi connectivity index (χ0) is 27.5. The number of thiazole rings is 1. The van der Waals surface area contributed by atoms with E-state index in [1.165, 1.54) is 16.8 Å². The van der Waals surface area contributed by atoms with E-state index in [-0.39, 0.29) is 5.82 Å². The molecule has 1 fully saturated rings. The van der Waals surface area contributed by atoms with Crippen molar-refractivity contribution < 1.29 is 33.7 Å². The molecule has 2 heterocycles. The molecule has 1 saturated heterocycles. The monoisotopic (exact) mass is 545 g/mol. The molecule has 0 atom stereocenters. The van der Waals surface area contributed by atoms with E-state index < -0.39 is 11.9 Å². The summed E-state index contributed by atoms with van der Waals surface area (Å²) >= 11 is 1.74. The molecule has 1 aromatic heterocycles. The standard InChI is InChI=1S/C23H28FN3O2S.C4H4O4/c1-26(23-25-21-16-19(28-2)7-8-22(21)30-23)18-9-12-27(13-10-18)11-4-14-29-20-6-3-5-17(24)15-20;5-3(6)1-2-4(7)8/h3,5-8,15-16,18H,4,9-14H2,1-2H3;1-2H,(H,5,6)(H,7,8). The zero-order valence-electron chi connectivity index (χ0n) is 21.4. The molecule has 0 spiro atoms. The Morgan fingerprint density at radius 1 is 1.13 bits per heavy atom. The molecule has 0 bridgehead atoms. The van der Waals surface area contributed by atoms with E-state index >= 15 is 0 Å². The number of nitrogens with zero attached hydrogens (tertiary/aromatic N) is 3.